The highest BCUT2D eigenvalue weighted by molar-refractivity contribution is 7.20. The molecule has 3 aromatic heterocycles. The third-order valence-corrected chi connectivity index (χ3v) is 4.63. The molecule has 0 saturated carbocycles. The second-order valence-electron chi connectivity index (χ2n) is 5.00. The van der Waals surface area contributed by atoms with Crippen LogP contribution in [0.25, 0.3) is 21.6 Å². The molecule has 0 bridgehead atoms. The Morgan fingerprint density at radius 3 is 2.67 bits per heavy atom. The van der Waals surface area contributed by atoms with Crippen molar-refractivity contribution >= 4 is 33.5 Å². The summed E-state index contributed by atoms with van der Waals surface area (Å²) in [7, 11) is 0. The molecule has 9 heteroatoms. The Kier molecular flexibility index (Phi) is 3.86. The molecule has 0 saturated heterocycles. The van der Waals surface area contributed by atoms with Crippen LogP contribution in [-0.4, -0.2) is 36.7 Å². The molecule has 0 amide bonds. The van der Waals surface area contributed by atoms with Gasteiger partial charge in [-0.1, -0.05) is 0 Å². The molecule has 0 spiro atoms. The van der Waals surface area contributed by atoms with Crippen LogP contribution in [0.3, 0.4) is 0 Å². The Balaban J connectivity index is 2.40. The van der Waals surface area contributed by atoms with E-state index in [9.17, 15) is 19.5 Å². The van der Waals surface area contributed by atoms with Gasteiger partial charge < -0.3 is 10.2 Å². The lowest BCUT2D eigenvalue weighted by Crippen LogP contribution is -2.27. The van der Waals surface area contributed by atoms with Crippen LogP contribution in [0.2, 0.25) is 0 Å². The van der Waals surface area contributed by atoms with Crippen molar-refractivity contribution in [3.05, 3.63) is 45.3 Å². The Bertz CT molecular complexity index is 1020. The number of carboxylic acid groups (broad SMARTS) is 2. The first-order valence-electron chi connectivity index (χ1n) is 6.79. The van der Waals surface area contributed by atoms with E-state index in [1.165, 1.54) is 13.1 Å². The van der Waals surface area contributed by atoms with Crippen LogP contribution < -0.4 is 5.56 Å². The first-order valence-corrected chi connectivity index (χ1v) is 7.61. The van der Waals surface area contributed by atoms with E-state index < -0.39 is 24.0 Å². The first kappa shape index (κ1) is 15.8. The molecule has 0 aromatic carbocycles. The van der Waals surface area contributed by atoms with Gasteiger partial charge in [0.1, 0.15) is 22.1 Å². The summed E-state index contributed by atoms with van der Waals surface area (Å²) >= 11 is 0.891. The summed E-state index contributed by atoms with van der Waals surface area (Å²) < 4.78 is 1.02. The average molecular weight is 345 g/mol. The van der Waals surface area contributed by atoms with E-state index in [1.807, 2.05) is 0 Å². The fourth-order valence-corrected chi connectivity index (χ4v) is 3.43. The number of fused-ring (bicyclic) bond motifs is 1. The maximum atomic E-state index is 12.8. The molecule has 122 valence electrons. The van der Waals surface area contributed by atoms with Gasteiger partial charge in [-0.05, 0) is 24.6 Å². The van der Waals surface area contributed by atoms with Crippen molar-refractivity contribution in [2.45, 2.75) is 13.5 Å². The fraction of sp³-hybridized carbons (Fsp3) is 0.133. The molecular weight excluding hydrogens is 334 g/mol. The summed E-state index contributed by atoms with van der Waals surface area (Å²) in [4.78, 5) is 43.8. The van der Waals surface area contributed by atoms with Crippen molar-refractivity contribution in [1.82, 2.24) is 14.5 Å². The Hall–Kier alpha value is -3.07. The number of thiophene rings is 1. The smallest absolute Gasteiger partial charge is 0.346 e. The van der Waals surface area contributed by atoms with Gasteiger partial charge in [0.2, 0.25) is 0 Å². The number of rotatable bonds is 4. The van der Waals surface area contributed by atoms with Crippen molar-refractivity contribution < 1.29 is 19.8 Å². The minimum atomic E-state index is -1.20. The van der Waals surface area contributed by atoms with Crippen LogP contribution in [-0.2, 0) is 11.3 Å². The minimum Gasteiger partial charge on any atom is -0.480 e. The van der Waals surface area contributed by atoms with E-state index in [1.54, 1.807) is 18.3 Å². The van der Waals surface area contributed by atoms with Gasteiger partial charge in [0.05, 0.1) is 5.39 Å². The molecule has 24 heavy (non-hydrogen) atoms. The van der Waals surface area contributed by atoms with Crippen molar-refractivity contribution in [2.75, 3.05) is 0 Å². The zero-order chi connectivity index (χ0) is 17.4. The van der Waals surface area contributed by atoms with Crippen molar-refractivity contribution in [3.63, 3.8) is 0 Å². The lowest BCUT2D eigenvalue weighted by atomic mass is 10.2. The van der Waals surface area contributed by atoms with Gasteiger partial charge in [-0.25, -0.2) is 9.78 Å². The highest BCUT2D eigenvalue weighted by Gasteiger charge is 2.22. The summed E-state index contributed by atoms with van der Waals surface area (Å²) in [6, 6.07) is 3.29. The number of pyridine rings is 1. The van der Waals surface area contributed by atoms with Gasteiger partial charge >= 0.3 is 11.9 Å². The average Bonchev–Trinajstić information content (AvgIpc) is 2.87. The molecule has 0 unspecified atom stereocenters. The maximum absolute atomic E-state index is 12.8. The van der Waals surface area contributed by atoms with Crippen LogP contribution in [0, 0.1) is 6.92 Å². The number of aromatic carboxylic acids is 1. The molecule has 0 aliphatic carbocycles. The SMILES string of the molecule is Cc1c(C(=O)O)sc2nc(-c3cccnc3)n(CC(=O)O)c(=O)c12. The summed E-state index contributed by atoms with van der Waals surface area (Å²) in [6.45, 7) is 0.934. The maximum Gasteiger partial charge on any atom is 0.346 e. The minimum absolute atomic E-state index is 0.0137. The monoisotopic (exact) mass is 345 g/mol. The number of aliphatic carboxylic acids is 1. The van der Waals surface area contributed by atoms with Crippen LogP contribution in [0.1, 0.15) is 15.2 Å². The molecule has 8 nitrogen and oxygen atoms in total. The van der Waals surface area contributed by atoms with E-state index in [-0.39, 0.29) is 26.5 Å². The summed E-state index contributed by atoms with van der Waals surface area (Å²) in [5.41, 5.74) is 0.181. The van der Waals surface area contributed by atoms with E-state index in [2.05, 4.69) is 9.97 Å². The van der Waals surface area contributed by atoms with E-state index in [0.29, 0.717) is 5.56 Å². The molecule has 0 aliphatic rings. The zero-order valence-electron chi connectivity index (χ0n) is 12.4. The van der Waals surface area contributed by atoms with E-state index in [4.69, 9.17) is 5.11 Å². The van der Waals surface area contributed by atoms with Crippen molar-refractivity contribution in [2.24, 2.45) is 0 Å². The number of aromatic nitrogens is 3. The summed E-state index contributed by atoms with van der Waals surface area (Å²) in [6.07, 6.45) is 3.00. The normalized spacial score (nSPS) is 10.9. The highest BCUT2D eigenvalue weighted by Crippen LogP contribution is 2.29. The molecule has 3 heterocycles. The second kappa shape index (κ2) is 5.85. The largest absolute Gasteiger partial charge is 0.480 e. The Morgan fingerprint density at radius 1 is 1.33 bits per heavy atom. The summed E-state index contributed by atoms with van der Waals surface area (Å²) in [5, 5.41) is 18.5. The lowest BCUT2D eigenvalue weighted by molar-refractivity contribution is -0.137. The number of hydrogen-bond acceptors (Lipinski definition) is 6. The zero-order valence-corrected chi connectivity index (χ0v) is 13.2. The van der Waals surface area contributed by atoms with Gasteiger partial charge in [0.15, 0.2) is 0 Å². The van der Waals surface area contributed by atoms with E-state index in [0.717, 1.165) is 15.9 Å². The second-order valence-corrected chi connectivity index (χ2v) is 6.00. The van der Waals surface area contributed by atoms with Crippen LogP contribution in [0.4, 0.5) is 0 Å². The van der Waals surface area contributed by atoms with Crippen molar-refractivity contribution in [3.8, 4) is 11.4 Å². The van der Waals surface area contributed by atoms with Crippen LogP contribution >= 0.6 is 11.3 Å². The van der Waals surface area contributed by atoms with Gasteiger partial charge in [-0.15, -0.1) is 11.3 Å². The molecule has 0 radical (unpaired) electrons. The number of carboxylic acids is 2. The molecule has 0 aliphatic heterocycles. The quantitative estimate of drug-likeness (QED) is 0.736. The highest BCUT2D eigenvalue weighted by atomic mass is 32.1. The van der Waals surface area contributed by atoms with Gasteiger partial charge in [0, 0.05) is 18.0 Å². The Labute approximate surface area is 138 Å². The van der Waals surface area contributed by atoms with E-state index >= 15 is 0 Å². The predicted octanol–water partition coefficient (Wildman–Crippen LogP) is 1.61. The molecule has 3 aromatic rings. The van der Waals surface area contributed by atoms with Crippen LogP contribution in [0.15, 0.2) is 29.3 Å². The number of hydrogen-bond donors (Lipinski definition) is 2. The van der Waals surface area contributed by atoms with Gasteiger partial charge in [-0.2, -0.15) is 0 Å². The van der Waals surface area contributed by atoms with Crippen molar-refractivity contribution in [1.29, 1.82) is 0 Å². The third kappa shape index (κ3) is 2.54. The number of carbonyl (C=O) groups is 2. The molecular formula is C15H11N3O5S. The molecule has 2 N–H and O–H groups in total. The standard InChI is InChI=1S/C15H11N3O5S/c1-7-10-13(24-11(7)15(22)23)17-12(8-3-2-4-16-5-8)18(14(10)21)6-9(19)20/h2-5H,6H2,1H3,(H,19,20)(H,22,23). The van der Waals surface area contributed by atoms with Gasteiger partial charge in [-0.3, -0.25) is 19.1 Å². The fourth-order valence-electron chi connectivity index (χ4n) is 2.42. The number of aryl methyl sites for hydroxylation is 1. The topological polar surface area (TPSA) is 122 Å². The molecule has 0 atom stereocenters. The van der Waals surface area contributed by atoms with Crippen LogP contribution in [0.5, 0.6) is 0 Å². The summed E-state index contributed by atoms with van der Waals surface area (Å²) in [5.74, 6) is -2.21. The third-order valence-electron chi connectivity index (χ3n) is 3.46. The predicted molar refractivity (Wildman–Crippen MR) is 86.4 cm³/mol. The molecule has 3 rings (SSSR count). The number of nitrogens with zero attached hydrogens (tertiary/aromatic N) is 3. The first-order chi connectivity index (χ1) is 11.4. The lowest BCUT2D eigenvalue weighted by Gasteiger charge is -2.10. The molecule has 0 fully saturated rings. The Morgan fingerprint density at radius 2 is 2.08 bits per heavy atom. The van der Waals surface area contributed by atoms with Gasteiger partial charge in [0.25, 0.3) is 5.56 Å².